The normalized spacial score (nSPS) is 13.5. The molecule has 4 nitrogen and oxygen atoms in total. The van der Waals surface area contributed by atoms with Crippen LogP contribution in [0.1, 0.15) is 91.9 Å². The van der Waals surface area contributed by atoms with Gasteiger partial charge in [-0.25, -0.2) is 0 Å². The summed E-state index contributed by atoms with van der Waals surface area (Å²) < 4.78 is 10.7. The highest BCUT2D eigenvalue weighted by molar-refractivity contribution is 5.69. The summed E-state index contributed by atoms with van der Waals surface area (Å²) >= 11 is 0. The maximum Gasteiger partial charge on any atom is 0.306 e. The first-order valence-electron chi connectivity index (χ1n) is 8.88. The van der Waals surface area contributed by atoms with Crippen LogP contribution in [0.2, 0.25) is 0 Å². The molecule has 4 heteroatoms. The van der Waals surface area contributed by atoms with E-state index in [0.29, 0.717) is 12.8 Å². The van der Waals surface area contributed by atoms with Crippen molar-refractivity contribution in [2.75, 3.05) is 0 Å². The van der Waals surface area contributed by atoms with Gasteiger partial charge < -0.3 is 9.47 Å². The van der Waals surface area contributed by atoms with Gasteiger partial charge in [0.2, 0.25) is 0 Å². The minimum absolute atomic E-state index is 0.115. The van der Waals surface area contributed by atoms with Crippen molar-refractivity contribution < 1.29 is 19.1 Å². The van der Waals surface area contributed by atoms with Gasteiger partial charge in [-0.2, -0.15) is 0 Å². The Hall–Kier alpha value is -1.06. The first-order valence-corrected chi connectivity index (χ1v) is 8.88. The Bertz CT molecular complexity index is 271. The van der Waals surface area contributed by atoms with Crippen LogP contribution in [0.15, 0.2) is 0 Å². The molecular formula is C18H34O4. The molecule has 0 aromatic carbocycles. The van der Waals surface area contributed by atoms with Gasteiger partial charge >= 0.3 is 11.9 Å². The quantitative estimate of drug-likeness (QED) is 0.362. The maximum atomic E-state index is 11.6. The average Bonchev–Trinajstić information content (AvgIpc) is 2.45. The molecule has 0 aromatic rings. The number of ether oxygens (including phenoxy) is 2. The third-order valence-electron chi connectivity index (χ3n) is 3.61. The van der Waals surface area contributed by atoms with Crippen LogP contribution in [0, 0.1) is 0 Å². The number of esters is 2. The Labute approximate surface area is 135 Å². The lowest BCUT2D eigenvalue weighted by Gasteiger charge is -2.17. The van der Waals surface area contributed by atoms with Crippen LogP contribution in [0.3, 0.4) is 0 Å². The van der Waals surface area contributed by atoms with E-state index in [-0.39, 0.29) is 24.1 Å². The highest BCUT2D eigenvalue weighted by Crippen LogP contribution is 2.11. The zero-order valence-electron chi connectivity index (χ0n) is 14.9. The largest absolute Gasteiger partial charge is 0.463 e. The van der Waals surface area contributed by atoms with Gasteiger partial charge in [0.05, 0.1) is 12.2 Å². The van der Waals surface area contributed by atoms with E-state index in [9.17, 15) is 9.59 Å². The Morgan fingerprint density at radius 2 is 1.09 bits per heavy atom. The molecular weight excluding hydrogens is 280 g/mol. The molecule has 0 rings (SSSR count). The van der Waals surface area contributed by atoms with Crippen molar-refractivity contribution in [2.45, 2.75) is 104 Å². The van der Waals surface area contributed by atoms with Crippen LogP contribution in [0.5, 0.6) is 0 Å². The predicted molar refractivity (Wildman–Crippen MR) is 88.6 cm³/mol. The lowest BCUT2D eigenvalue weighted by Crippen LogP contribution is -2.19. The third-order valence-corrected chi connectivity index (χ3v) is 3.61. The van der Waals surface area contributed by atoms with Gasteiger partial charge in [0.25, 0.3) is 0 Å². The maximum absolute atomic E-state index is 11.6. The second kappa shape index (κ2) is 13.6. The molecule has 0 saturated carbocycles. The SMILES string of the molecule is CCCCCC(=O)OC(C)CCC(C)OC(=O)CCCCC. The number of hydrogen-bond donors (Lipinski definition) is 0. The van der Waals surface area contributed by atoms with Gasteiger partial charge in [0.15, 0.2) is 0 Å². The summed E-state index contributed by atoms with van der Waals surface area (Å²) in [5.74, 6) is -0.240. The molecule has 0 N–H and O–H groups in total. The van der Waals surface area contributed by atoms with Gasteiger partial charge in [-0.05, 0) is 39.5 Å². The first-order chi connectivity index (χ1) is 10.5. The van der Waals surface area contributed by atoms with Crippen LogP contribution < -0.4 is 0 Å². The fourth-order valence-corrected chi connectivity index (χ4v) is 2.19. The smallest absolute Gasteiger partial charge is 0.306 e. The highest BCUT2D eigenvalue weighted by Gasteiger charge is 2.13. The van der Waals surface area contributed by atoms with Gasteiger partial charge in [-0.3, -0.25) is 9.59 Å². The van der Waals surface area contributed by atoms with Crippen LogP contribution in [-0.4, -0.2) is 24.1 Å². The van der Waals surface area contributed by atoms with Crippen molar-refractivity contribution in [1.82, 2.24) is 0 Å². The Morgan fingerprint density at radius 3 is 1.41 bits per heavy atom. The molecule has 2 atom stereocenters. The lowest BCUT2D eigenvalue weighted by molar-refractivity contribution is -0.152. The summed E-state index contributed by atoms with van der Waals surface area (Å²) in [7, 11) is 0. The Balaban J connectivity index is 3.73. The molecule has 0 aromatic heterocycles. The number of carbonyl (C=O) groups is 2. The standard InChI is InChI=1S/C18H34O4/c1-5-7-9-11-17(19)21-15(3)13-14-16(4)22-18(20)12-10-8-6-2/h15-16H,5-14H2,1-4H3. The Kier molecular flexibility index (Phi) is 12.9. The summed E-state index contributed by atoms with van der Waals surface area (Å²) in [4.78, 5) is 23.2. The summed E-state index contributed by atoms with van der Waals surface area (Å²) in [6.07, 6.45) is 8.34. The van der Waals surface area contributed by atoms with Crippen LogP contribution >= 0.6 is 0 Å². The lowest BCUT2D eigenvalue weighted by atomic mass is 10.1. The molecule has 0 saturated heterocycles. The van der Waals surface area contributed by atoms with Crippen molar-refractivity contribution in [1.29, 1.82) is 0 Å². The first kappa shape index (κ1) is 20.9. The van der Waals surface area contributed by atoms with Gasteiger partial charge in [0.1, 0.15) is 0 Å². The molecule has 0 aliphatic carbocycles. The molecule has 2 unspecified atom stereocenters. The summed E-state index contributed by atoms with van der Waals surface area (Å²) in [5, 5.41) is 0. The second-order valence-electron chi connectivity index (χ2n) is 6.09. The topological polar surface area (TPSA) is 52.6 Å². The second-order valence-corrected chi connectivity index (χ2v) is 6.09. The highest BCUT2D eigenvalue weighted by atomic mass is 16.5. The van der Waals surface area contributed by atoms with E-state index in [1.165, 1.54) is 0 Å². The van der Waals surface area contributed by atoms with Gasteiger partial charge in [-0.15, -0.1) is 0 Å². The molecule has 0 amide bonds. The van der Waals surface area contributed by atoms with E-state index < -0.39 is 0 Å². The van der Waals surface area contributed by atoms with E-state index in [2.05, 4.69) is 13.8 Å². The molecule has 0 aliphatic heterocycles. The number of carbonyl (C=O) groups excluding carboxylic acids is 2. The zero-order chi connectivity index (χ0) is 16.8. The fourth-order valence-electron chi connectivity index (χ4n) is 2.19. The summed E-state index contributed by atoms with van der Waals surface area (Å²) in [6.45, 7) is 8.01. The van der Waals surface area contributed by atoms with E-state index in [1.807, 2.05) is 13.8 Å². The van der Waals surface area contributed by atoms with E-state index >= 15 is 0 Å². The fraction of sp³-hybridized carbons (Fsp3) is 0.889. The van der Waals surface area contributed by atoms with E-state index in [4.69, 9.17) is 9.47 Å². The molecule has 0 heterocycles. The van der Waals surface area contributed by atoms with Crippen molar-refractivity contribution in [2.24, 2.45) is 0 Å². The van der Waals surface area contributed by atoms with Crippen LogP contribution in [-0.2, 0) is 19.1 Å². The molecule has 0 bridgehead atoms. The monoisotopic (exact) mass is 314 g/mol. The van der Waals surface area contributed by atoms with Crippen LogP contribution in [0.25, 0.3) is 0 Å². The third kappa shape index (κ3) is 12.7. The van der Waals surface area contributed by atoms with Crippen molar-refractivity contribution >= 4 is 11.9 Å². The molecule has 0 spiro atoms. The molecule has 22 heavy (non-hydrogen) atoms. The number of unbranched alkanes of at least 4 members (excludes halogenated alkanes) is 4. The number of hydrogen-bond acceptors (Lipinski definition) is 4. The minimum atomic E-state index is -0.120. The summed E-state index contributed by atoms with van der Waals surface area (Å²) in [6, 6.07) is 0. The van der Waals surface area contributed by atoms with Crippen LogP contribution in [0.4, 0.5) is 0 Å². The Morgan fingerprint density at radius 1 is 0.727 bits per heavy atom. The van der Waals surface area contributed by atoms with E-state index in [0.717, 1.165) is 51.4 Å². The molecule has 0 fully saturated rings. The average molecular weight is 314 g/mol. The van der Waals surface area contributed by atoms with E-state index in [1.54, 1.807) is 0 Å². The van der Waals surface area contributed by atoms with Crippen molar-refractivity contribution in [3.05, 3.63) is 0 Å². The van der Waals surface area contributed by atoms with Gasteiger partial charge in [-0.1, -0.05) is 39.5 Å². The molecule has 0 aliphatic rings. The van der Waals surface area contributed by atoms with Crippen molar-refractivity contribution in [3.8, 4) is 0 Å². The molecule has 130 valence electrons. The summed E-state index contributed by atoms with van der Waals surface area (Å²) in [5.41, 5.74) is 0. The van der Waals surface area contributed by atoms with Gasteiger partial charge in [0, 0.05) is 12.8 Å². The molecule has 0 radical (unpaired) electrons. The number of rotatable bonds is 13. The zero-order valence-corrected chi connectivity index (χ0v) is 14.9. The minimum Gasteiger partial charge on any atom is -0.463 e. The predicted octanol–water partition coefficient (Wildman–Crippen LogP) is 4.79. The van der Waals surface area contributed by atoms with Crippen molar-refractivity contribution in [3.63, 3.8) is 0 Å².